The maximum atomic E-state index is 11.7. The molecule has 22 heavy (non-hydrogen) atoms. The highest BCUT2D eigenvalue weighted by Gasteiger charge is 2.46. The summed E-state index contributed by atoms with van der Waals surface area (Å²) in [7, 11) is 0. The minimum atomic E-state index is -2.16. The molecule has 0 radical (unpaired) electrons. The maximum Gasteiger partial charge on any atom is 0.356 e. The third-order valence-corrected chi connectivity index (χ3v) is 3.25. The van der Waals surface area contributed by atoms with Crippen molar-refractivity contribution >= 4 is 17.7 Å². The summed E-state index contributed by atoms with van der Waals surface area (Å²) >= 11 is 0. The zero-order valence-electron chi connectivity index (χ0n) is 13.5. The lowest BCUT2D eigenvalue weighted by molar-refractivity contribution is -0.180. The Morgan fingerprint density at radius 3 is 2.05 bits per heavy atom. The molecule has 0 aromatic heterocycles. The molecule has 6 nitrogen and oxygen atoms in total. The van der Waals surface area contributed by atoms with E-state index in [2.05, 4.69) is 0 Å². The van der Waals surface area contributed by atoms with E-state index in [1.165, 1.54) is 0 Å². The van der Waals surface area contributed by atoms with Gasteiger partial charge in [0.05, 0.1) is 6.61 Å². The van der Waals surface area contributed by atoms with Gasteiger partial charge in [0, 0.05) is 13.3 Å². The predicted octanol–water partition coefficient (Wildman–Crippen LogP) is 2.02. The van der Waals surface area contributed by atoms with Crippen molar-refractivity contribution < 1.29 is 29.3 Å². The molecule has 0 bridgehead atoms. The third-order valence-electron chi connectivity index (χ3n) is 3.25. The highest BCUT2D eigenvalue weighted by molar-refractivity contribution is 6.07. The van der Waals surface area contributed by atoms with E-state index in [9.17, 15) is 19.5 Å². The van der Waals surface area contributed by atoms with E-state index in [4.69, 9.17) is 9.84 Å². The fourth-order valence-electron chi connectivity index (χ4n) is 1.81. The second-order valence-corrected chi connectivity index (χ2v) is 5.28. The van der Waals surface area contributed by atoms with Gasteiger partial charge in [0.15, 0.2) is 5.78 Å². The minimum Gasteiger partial charge on any atom is -0.478 e. The second kappa shape index (κ2) is 9.15. The molecule has 0 aromatic rings. The van der Waals surface area contributed by atoms with Crippen molar-refractivity contribution in [2.75, 3.05) is 6.61 Å². The molecule has 2 N–H and O–H groups in total. The van der Waals surface area contributed by atoms with E-state index in [1.807, 2.05) is 19.9 Å². The van der Waals surface area contributed by atoms with Crippen molar-refractivity contribution in [3.05, 3.63) is 23.3 Å². The first-order valence-electron chi connectivity index (χ1n) is 7.01. The quantitative estimate of drug-likeness (QED) is 0.384. The number of Topliss-reactive ketones (excluding diaryl/α,β-unsaturated/α-hetero) is 1. The minimum absolute atomic E-state index is 0.00166. The van der Waals surface area contributed by atoms with Gasteiger partial charge in [-0.1, -0.05) is 23.3 Å². The number of carbonyl (C=O) groups excluding carboxylic acids is 2. The summed E-state index contributed by atoms with van der Waals surface area (Å²) in [5.41, 5.74) is -0.429. The molecule has 0 aliphatic carbocycles. The average molecular weight is 312 g/mol. The van der Waals surface area contributed by atoms with Crippen LogP contribution >= 0.6 is 0 Å². The molecule has 1 unspecified atom stereocenters. The molecule has 0 saturated carbocycles. The molecule has 0 spiro atoms. The Hall–Kier alpha value is -1.95. The Balaban J connectivity index is 5.01. The van der Waals surface area contributed by atoms with E-state index >= 15 is 0 Å². The van der Waals surface area contributed by atoms with Crippen molar-refractivity contribution in [2.24, 2.45) is 0 Å². The highest BCUT2D eigenvalue weighted by atomic mass is 16.6. The van der Waals surface area contributed by atoms with Crippen LogP contribution in [0, 0.1) is 0 Å². The van der Waals surface area contributed by atoms with E-state index in [1.54, 1.807) is 6.08 Å². The number of carboxylic acid groups (broad SMARTS) is 1. The van der Waals surface area contributed by atoms with Crippen LogP contribution in [0.25, 0.3) is 0 Å². The Morgan fingerprint density at radius 2 is 1.64 bits per heavy atom. The maximum absolute atomic E-state index is 11.7. The topological polar surface area (TPSA) is 101 Å². The van der Waals surface area contributed by atoms with Crippen LogP contribution in [0.5, 0.6) is 0 Å². The van der Waals surface area contributed by atoms with Crippen molar-refractivity contribution in [2.45, 2.75) is 52.6 Å². The Labute approximate surface area is 130 Å². The van der Waals surface area contributed by atoms with Gasteiger partial charge in [0.1, 0.15) is 0 Å². The van der Waals surface area contributed by atoms with Gasteiger partial charge in [-0.3, -0.25) is 9.59 Å². The lowest BCUT2D eigenvalue weighted by atomic mass is 9.93. The fourth-order valence-corrected chi connectivity index (χ4v) is 1.81. The normalized spacial score (nSPS) is 15.1. The number of esters is 1. The van der Waals surface area contributed by atoms with Gasteiger partial charge in [0.2, 0.25) is 0 Å². The Kier molecular flexibility index (Phi) is 8.34. The van der Waals surface area contributed by atoms with E-state index < -0.39 is 23.3 Å². The summed E-state index contributed by atoms with van der Waals surface area (Å²) in [6.45, 7) is 5.78. The van der Waals surface area contributed by atoms with Crippen molar-refractivity contribution in [3.8, 4) is 0 Å². The average Bonchev–Trinajstić information content (AvgIpc) is 2.42. The number of ether oxygens (including phenoxy) is 1. The van der Waals surface area contributed by atoms with Gasteiger partial charge in [-0.2, -0.15) is 0 Å². The summed E-state index contributed by atoms with van der Waals surface area (Å²) in [6.07, 6.45) is 4.64. The number of allylic oxidation sites excluding steroid dienone is 2. The van der Waals surface area contributed by atoms with Gasteiger partial charge in [-0.15, -0.1) is 0 Å². The molecule has 0 saturated heterocycles. The summed E-state index contributed by atoms with van der Waals surface area (Å²) in [5, 5.41) is 18.2. The van der Waals surface area contributed by atoms with E-state index in [0.717, 1.165) is 25.0 Å². The van der Waals surface area contributed by atoms with Gasteiger partial charge in [0.25, 0.3) is 5.60 Å². The number of hydrogen-bond acceptors (Lipinski definition) is 5. The SMILES string of the molecule is CC(=O)OC(C/C=C(/C)CCC=C(C)CO)(C(C)=O)C(=O)O. The molecule has 0 fully saturated rings. The molecule has 0 rings (SSSR count). The number of carbonyl (C=O) groups is 3. The number of ketones is 1. The third kappa shape index (κ3) is 6.22. The second-order valence-electron chi connectivity index (χ2n) is 5.28. The number of rotatable bonds is 9. The number of aliphatic carboxylic acids is 1. The van der Waals surface area contributed by atoms with Crippen molar-refractivity contribution in [3.63, 3.8) is 0 Å². The molecule has 6 heteroatoms. The molecule has 0 amide bonds. The molecule has 1 atom stereocenters. The van der Waals surface area contributed by atoms with Crippen LogP contribution < -0.4 is 0 Å². The largest absolute Gasteiger partial charge is 0.478 e. The van der Waals surface area contributed by atoms with Gasteiger partial charge >= 0.3 is 11.9 Å². The first-order chi connectivity index (χ1) is 10.2. The standard InChI is InChI=1S/C16H24O6/c1-11(6-5-7-12(2)10-17)8-9-16(13(3)18,15(20)21)22-14(4)19/h7-8,17H,5-6,9-10H2,1-4H3,(H,20,21)/b11-8-,12-7?. The Bertz CT molecular complexity index is 473. The van der Waals surface area contributed by atoms with Crippen LogP contribution in [0.2, 0.25) is 0 Å². The number of hydrogen-bond donors (Lipinski definition) is 2. The molecular weight excluding hydrogens is 288 g/mol. The lowest BCUT2D eigenvalue weighted by Crippen LogP contribution is -2.48. The van der Waals surface area contributed by atoms with Crippen LogP contribution in [0.1, 0.15) is 47.0 Å². The summed E-state index contributed by atoms with van der Waals surface area (Å²) in [4.78, 5) is 34.2. The molecule has 0 aliphatic rings. The van der Waals surface area contributed by atoms with Gasteiger partial charge in [-0.25, -0.2) is 4.79 Å². The zero-order valence-corrected chi connectivity index (χ0v) is 13.5. The molecule has 124 valence electrons. The predicted molar refractivity (Wildman–Crippen MR) is 81.3 cm³/mol. The summed E-state index contributed by atoms with van der Waals surface area (Å²) < 4.78 is 4.79. The van der Waals surface area contributed by atoms with E-state index in [0.29, 0.717) is 12.8 Å². The molecule has 0 aliphatic heterocycles. The number of carboxylic acids is 1. The first kappa shape index (κ1) is 20.1. The summed E-state index contributed by atoms with van der Waals surface area (Å²) in [6, 6.07) is 0. The molecular formula is C16H24O6. The Morgan fingerprint density at radius 1 is 1.05 bits per heavy atom. The van der Waals surface area contributed by atoms with Gasteiger partial charge < -0.3 is 14.9 Å². The highest BCUT2D eigenvalue weighted by Crippen LogP contribution is 2.21. The monoisotopic (exact) mass is 312 g/mol. The number of aliphatic hydroxyl groups is 1. The first-order valence-corrected chi connectivity index (χ1v) is 7.01. The van der Waals surface area contributed by atoms with Crippen LogP contribution in [-0.2, 0) is 19.1 Å². The van der Waals surface area contributed by atoms with Crippen molar-refractivity contribution in [1.29, 1.82) is 0 Å². The molecule has 0 aromatic carbocycles. The lowest BCUT2D eigenvalue weighted by Gasteiger charge is -2.25. The van der Waals surface area contributed by atoms with Crippen LogP contribution in [0.15, 0.2) is 23.3 Å². The zero-order chi connectivity index (χ0) is 17.3. The van der Waals surface area contributed by atoms with E-state index in [-0.39, 0.29) is 13.0 Å². The fraction of sp³-hybridized carbons (Fsp3) is 0.562. The van der Waals surface area contributed by atoms with Crippen molar-refractivity contribution in [1.82, 2.24) is 0 Å². The van der Waals surface area contributed by atoms with Crippen LogP contribution in [0.4, 0.5) is 0 Å². The molecule has 0 heterocycles. The van der Waals surface area contributed by atoms with Gasteiger partial charge in [-0.05, 0) is 33.6 Å². The number of aliphatic hydroxyl groups excluding tert-OH is 1. The summed E-state index contributed by atoms with van der Waals surface area (Å²) in [5.74, 6) is -3.02. The van der Waals surface area contributed by atoms with Crippen LogP contribution in [-0.4, -0.2) is 40.1 Å². The smallest absolute Gasteiger partial charge is 0.356 e. The van der Waals surface area contributed by atoms with Crippen LogP contribution in [0.3, 0.4) is 0 Å².